The Bertz CT molecular complexity index is 470. The van der Waals surface area contributed by atoms with Crippen LogP contribution in [0.25, 0.3) is 10.8 Å². The van der Waals surface area contributed by atoms with Crippen molar-refractivity contribution in [2.75, 3.05) is 0 Å². The molecule has 0 radical (unpaired) electrons. The molecule has 0 spiro atoms. The summed E-state index contributed by atoms with van der Waals surface area (Å²) >= 11 is 15.3. The van der Waals surface area contributed by atoms with E-state index in [-0.39, 0.29) is 0 Å². The highest BCUT2D eigenvalue weighted by molar-refractivity contribution is 9.10. The van der Waals surface area contributed by atoms with Gasteiger partial charge in [0, 0.05) is 16.1 Å². The van der Waals surface area contributed by atoms with Crippen molar-refractivity contribution >= 4 is 49.9 Å². The van der Waals surface area contributed by atoms with Crippen molar-refractivity contribution in [1.82, 2.24) is 4.98 Å². The van der Waals surface area contributed by atoms with Crippen LogP contribution >= 0.6 is 39.1 Å². The summed E-state index contributed by atoms with van der Waals surface area (Å²) in [6.07, 6.45) is 1.66. The lowest BCUT2D eigenvalue weighted by molar-refractivity contribution is 1.36. The third kappa shape index (κ3) is 1.66. The van der Waals surface area contributed by atoms with E-state index in [0.717, 1.165) is 15.2 Å². The minimum absolute atomic E-state index is 0.440. The molecule has 0 bridgehead atoms. The first-order chi connectivity index (χ1) is 6.18. The van der Waals surface area contributed by atoms with E-state index in [2.05, 4.69) is 20.9 Å². The second-order valence-corrected chi connectivity index (χ2v) is 4.27. The van der Waals surface area contributed by atoms with Crippen molar-refractivity contribution in [3.8, 4) is 0 Å². The molecule has 0 saturated carbocycles. The summed E-state index contributed by atoms with van der Waals surface area (Å²) in [5.74, 6) is 0. The van der Waals surface area contributed by atoms with Crippen LogP contribution in [0.1, 0.15) is 0 Å². The van der Waals surface area contributed by atoms with E-state index in [0.29, 0.717) is 10.2 Å². The van der Waals surface area contributed by atoms with E-state index in [1.165, 1.54) is 0 Å². The maximum atomic E-state index is 6.01. The highest BCUT2D eigenvalue weighted by Gasteiger charge is 2.05. The standard InChI is InChI=1S/C9H4BrCl2N/c10-6-3-5-1-2-13-9(12)8(5)7(11)4-6/h1-4H. The molecule has 1 aromatic carbocycles. The zero-order chi connectivity index (χ0) is 9.42. The number of benzene rings is 1. The van der Waals surface area contributed by atoms with Gasteiger partial charge in [0.25, 0.3) is 0 Å². The quantitative estimate of drug-likeness (QED) is 0.654. The zero-order valence-electron chi connectivity index (χ0n) is 6.39. The Kier molecular flexibility index (Phi) is 2.45. The number of aromatic nitrogens is 1. The Morgan fingerprint density at radius 1 is 1.23 bits per heavy atom. The topological polar surface area (TPSA) is 12.9 Å². The minimum Gasteiger partial charge on any atom is -0.244 e. The van der Waals surface area contributed by atoms with Crippen LogP contribution in [0.2, 0.25) is 10.2 Å². The van der Waals surface area contributed by atoms with Crippen LogP contribution in [-0.2, 0) is 0 Å². The number of rotatable bonds is 0. The fourth-order valence-corrected chi connectivity index (χ4v) is 2.43. The molecule has 0 atom stereocenters. The predicted molar refractivity (Wildman–Crippen MR) is 59.5 cm³/mol. The monoisotopic (exact) mass is 275 g/mol. The summed E-state index contributed by atoms with van der Waals surface area (Å²) in [6.45, 7) is 0. The van der Waals surface area contributed by atoms with Crippen molar-refractivity contribution in [3.05, 3.63) is 39.0 Å². The summed E-state index contributed by atoms with van der Waals surface area (Å²) in [5.41, 5.74) is 0. The second-order valence-electron chi connectivity index (χ2n) is 2.59. The molecule has 0 aliphatic carbocycles. The Morgan fingerprint density at radius 3 is 2.77 bits per heavy atom. The fourth-order valence-electron chi connectivity index (χ4n) is 1.19. The maximum absolute atomic E-state index is 6.01. The van der Waals surface area contributed by atoms with Crippen molar-refractivity contribution in [1.29, 1.82) is 0 Å². The van der Waals surface area contributed by atoms with Gasteiger partial charge in [-0.15, -0.1) is 0 Å². The van der Waals surface area contributed by atoms with E-state index in [4.69, 9.17) is 23.2 Å². The van der Waals surface area contributed by atoms with Crippen LogP contribution in [-0.4, -0.2) is 4.98 Å². The lowest BCUT2D eigenvalue weighted by Gasteiger charge is -2.02. The van der Waals surface area contributed by atoms with E-state index in [1.807, 2.05) is 12.1 Å². The first kappa shape index (κ1) is 9.25. The molecule has 0 aliphatic heterocycles. The number of pyridine rings is 1. The van der Waals surface area contributed by atoms with Gasteiger partial charge in [-0.05, 0) is 23.6 Å². The van der Waals surface area contributed by atoms with Crippen molar-refractivity contribution < 1.29 is 0 Å². The van der Waals surface area contributed by atoms with Crippen LogP contribution < -0.4 is 0 Å². The molecular formula is C9H4BrCl2N. The fraction of sp³-hybridized carbons (Fsp3) is 0. The van der Waals surface area contributed by atoms with Crippen LogP contribution in [0, 0.1) is 0 Å². The molecule has 2 rings (SSSR count). The number of nitrogens with zero attached hydrogens (tertiary/aromatic N) is 1. The Hall–Kier alpha value is -0.310. The van der Waals surface area contributed by atoms with Gasteiger partial charge in [-0.2, -0.15) is 0 Å². The molecule has 0 amide bonds. The summed E-state index contributed by atoms with van der Waals surface area (Å²) < 4.78 is 0.937. The zero-order valence-corrected chi connectivity index (χ0v) is 9.49. The normalized spacial score (nSPS) is 10.7. The van der Waals surface area contributed by atoms with Gasteiger partial charge >= 0.3 is 0 Å². The van der Waals surface area contributed by atoms with Crippen LogP contribution in [0.4, 0.5) is 0 Å². The molecule has 0 saturated heterocycles. The highest BCUT2D eigenvalue weighted by atomic mass is 79.9. The molecule has 1 aromatic heterocycles. The van der Waals surface area contributed by atoms with Gasteiger partial charge in [0.1, 0.15) is 5.15 Å². The molecule has 0 unspecified atom stereocenters. The molecule has 0 fully saturated rings. The van der Waals surface area contributed by atoms with Crippen molar-refractivity contribution in [2.45, 2.75) is 0 Å². The van der Waals surface area contributed by atoms with E-state index < -0.39 is 0 Å². The van der Waals surface area contributed by atoms with Crippen LogP contribution in [0.3, 0.4) is 0 Å². The van der Waals surface area contributed by atoms with Gasteiger partial charge in [-0.1, -0.05) is 39.1 Å². The van der Waals surface area contributed by atoms with Gasteiger partial charge < -0.3 is 0 Å². The third-order valence-electron chi connectivity index (χ3n) is 1.73. The first-order valence-electron chi connectivity index (χ1n) is 3.58. The lowest BCUT2D eigenvalue weighted by Crippen LogP contribution is -1.80. The van der Waals surface area contributed by atoms with Crippen molar-refractivity contribution in [2.24, 2.45) is 0 Å². The third-order valence-corrected chi connectivity index (χ3v) is 2.78. The molecule has 66 valence electrons. The predicted octanol–water partition coefficient (Wildman–Crippen LogP) is 4.30. The van der Waals surface area contributed by atoms with Crippen LogP contribution in [0.5, 0.6) is 0 Å². The number of hydrogen-bond acceptors (Lipinski definition) is 1. The maximum Gasteiger partial charge on any atom is 0.138 e. The Labute approximate surface area is 93.8 Å². The van der Waals surface area contributed by atoms with Gasteiger partial charge in [0.15, 0.2) is 0 Å². The summed E-state index contributed by atoms with van der Waals surface area (Å²) in [4.78, 5) is 3.96. The Morgan fingerprint density at radius 2 is 2.00 bits per heavy atom. The highest BCUT2D eigenvalue weighted by Crippen LogP contribution is 2.31. The largest absolute Gasteiger partial charge is 0.244 e. The summed E-state index contributed by atoms with van der Waals surface area (Å²) in [6, 6.07) is 5.63. The molecule has 1 heterocycles. The summed E-state index contributed by atoms with van der Waals surface area (Å²) in [7, 11) is 0. The number of hydrogen-bond donors (Lipinski definition) is 0. The van der Waals surface area contributed by atoms with Crippen molar-refractivity contribution in [3.63, 3.8) is 0 Å². The molecule has 1 nitrogen and oxygen atoms in total. The number of fused-ring (bicyclic) bond motifs is 1. The number of halogens is 3. The molecular weight excluding hydrogens is 273 g/mol. The average molecular weight is 277 g/mol. The SMILES string of the molecule is Clc1cc(Br)cc2ccnc(Cl)c12. The minimum atomic E-state index is 0.440. The Balaban J connectivity index is 2.94. The lowest BCUT2D eigenvalue weighted by atomic mass is 10.2. The van der Waals surface area contributed by atoms with E-state index in [1.54, 1.807) is 12.3 Å². The molecule has 0 N–H and O–H groups in total. The summed E-state index contributed by atoms with van der Waals surface area (Å²) in [5, 5.41) is 2.84. The van der Waals surface area contributed by atoms with E-state index in [9.17, 15) is 0 Å². The molecule has 13 heavy (non-hydrogen) atoms. The van der Waals surface area contributed by atoms with E-state index >= 15 is 0 Å². The van der Waals surface area contributed by atoms with Gasteiger partial charge in [0.05, 0.1) is 5.02 Å². The van der Waals surface area contributed by atoms with Gasteiger partial charge in [0.2, 0.25) is 0 Å². The molecule has 0 aliphatic rings. The van der Waals surface area contributed by atoms with Gasteiger partial charge in [-0.3, -0.25) is 0 Å². The molecule has 4 heteroatoms. The van der Waals surface area contributed by atoms with Crippen LogP contribution in [0.15, 0.2) is 28.9 Å². The smallest absolute Gasteiger partial charge is 0.138 e. The van der Waals surface area contributed by atoms with Gasteiger partial charge in [-0.25, -0.2) is 4.98 Å². The first-order valence-corrected chi connectivity index (χ1v) is 5.12. The second kappa shape index (κ2) is 3.45. The average Bonchev–Trinajstić information content (AvgIpc) is 2.02. The molecule has 2 aromatic rings.